The van der Waals surface area contributed by atoms with Crippen LogP contribution in [0.5, 0.6) is 0 Å². The molecule has 0 radical (unpaired) electrons. The van der Waals surface area contributed by atoms with Gasteiger partial charge in [0, 0.05) is 12.6 Å². The van der Waals surface area contributed by atoms with Crippen LogP contribution in [0.3, 0.4) is 0 Å². The molecule has 1 fully saturated rings. The van der Waals surface area contributed by atoms with Crippen LogP contribution < -0.4 is 16.6 Å². The van der Waals surface area contributed by atoms with Crippen LogP contribution in [-0.4, -0.2) is 28.2 Å². The zero-order valence-electron chi connectivity index (χ0n) is 11.1. The molecule has 2 atom stereocenters. The number of rotatable bonds is 3. The summed E-state index contributed by atoms with van der Waals surface area (Å²) in [5.41, 5.74) is 5.42. The highest BCUT2D eigenvalue weighted by Crippen LogP contribution is 2.33. The number of aromatic amines is 1. The molecule has 1 aliphatic rings. The van der Waals surface area contributed by atoms with Crippen molar-refractivity contribution in [1.82, 2.24) is 15.5 Å². The van der Waals surface area contributed by atoms with Crippen molar-refractivity contribution in [3.8, 4) is 0 Å². The zero-order valence-corrected chi connectivity index (χ0v) is 11.1. The largest absolute Gasteiger partial charge is 0.344 e. The lowest BCUT2D eigenvalue weighted by Gasteiger charge is -2.42. The van der Waals surface area contributed by atoms with Gasteiger partial charge >= 0.3 is 0 Å². The van der Waals surface area contributed by atoms with E-state index in [-0.39, 0.29) is 22.7 Å². The highest BCUT2D eigenvalue weighted by molar-refractivity contribution is 5.92. The van der Waals surface area contributed by atoms with Gasteiger partial charge in [-0.1, -0.05) is 19.8 Å². The lowest BCUT2D eigenvalue weighted by Crippen LogP contribution is -2.59. The number of carbonyl (C=O) groups excluding carboxylic acids is 1. The summed E-state index contributed by atoms with van der Waals surface area (Å²) < 4.78 is 0. The van der Waals surface area contributed by atoms with Gasteiger partial charge in [0.15, 0.2) is 0 Å². The Labute approximate surface area is 111 Å². The summed E-state index contributed by atoms with van der Waals surface area (Å²) in [6.07, 6.45) is 4.20. The zero-order chi connectivity index (χ0) is 13.9. The fourth-order valence-electron chi connectivity index (χ4n) is 2.71. The molecule has 1 aliphatic carbocycles. The van der Waals surface area contributed by atoms with E-state index in [0.717, 1.165) is 19.3 Å². The molecule has 0 aliphatic heterocycles. The Kier molecular flexibility index (Phi) is 3.99. The van der Waals surface area contributed by atoms with E-state index in [4.69, 9.17) is 5.73 Å². The minimum atomic E-state index is -0.354. The molecule has 2 unspecified atom stereocenters. The van der Waals surface area contributed by atoms with Gasteiger partial charge in [-0.05, 0) is 24.8 Å². The molecule has 0 saturated heterocycles. The summed E-state index contributed by atoms with van der Waals surface area (Å²) in [7, 11) is 0. The molecule has 1 amide bonds. The standard InChI is InChI=1S/C13H20N4O2/c1-9-4-2-3-7-13(9,8-14)15-12(19)10-5-6-11(18)17-16-10/h5-6,9H,2-4,7-8,14H2,1H3,(H,15,19)(H,17,18). The second-order valence-corrected chi connectivity index (χ2v) is 5.27. The van der Waals surface area contributed by atoms with Crippen molar-refractivity contribution in [2.75, 3.05) is 6.54 Å². The Morgan fingerprint density at radius 3 is 2.95 bits per heavy atom. The summed E-state index contributed by atoms with van der Waals surface area (Å²) in [5.74, 6) is 0.0633. The number of nitrogens with two attached hydrogens (primary N) is 1. The van der Waals surface area contributed by atoms with Gasteiger partial charge in [-0.3, -0.25) is 9.59 Å². The van der Waals surface area contributed by atoms with E-state index in [0.29, 0.717) is 12.5 Å². The lowest BCUT2D eigenvalue weighted by atomic mass is 9.73. The van der Waals surface area contributed by atoms with Crippen LogP contribution >= 0.6 is 0 Å². The summed E-state index contributed by atoms with van der Waals surface area (Å²) in [6, 6.07) is 2.72. The molecular formula is C13H20N4O2. The average Bonchev–Trinajstić information content (AvgIpc) is 2.42. The molecule has 6 nitrogen and oxygen atoms in total. The van der Waals surface area contributed by atoms with Crippen molar-refractivity contribution >= 4 is 5.91 Å². The van der Waals surface area contributed by atoms with Gasteiger partial charge in [-0.15, -0.1) is 0 Å². The van der Waals surface area contributed by atoms with Crippen LogP contribution in [0.4, 0.5) is 0 Å². The number of H-pyrrole nitrogens is 1. The number of hydrogen-bond acceptors (Lipinski definition) is 4. The molecule has 19 heavy (non-hydrogen) atoms. The first-order chi connectivity index (χ1) is 9.07. The molecule has 4 N–H and O–H groups in total. The summed E-state index contributed by atoms with van der Waals surface area (Å²) in [6.45, 7) is 2.54. The molecular weight excluding hydrogens is 244 g/mol. The summed E-state index contributed by atoms with van der Waals surface area (Å²) >= 11 is 0. The smallest absolute Gasteiger partial charge is 0.272 e. The molecule has 2 rings (SSSR count). The third-order valence-electron chi connectivity index (χ3n) is 4.09. The molecule has 1 heterocycles. The molecule has 104 valence electrons. The van der Waals surface area contributed by atoms with Crippen LogP contribution in [0.15, 0.2) is 16.9 Å². The predicted molar refractivity (Wildman–Crippen MR) is 71.7 cm³/mol. The van der Waals surface area contributed by atoms with E-state index in [1.807, 2.05) is 0 Å². The minimum Gasteiger partial charge on any atom is -0.344 e. The number of nitrogens with zero attached hydrogens (tertiary/aromatic N) is 1. The van der Waals surface area contributed by atoms with Crippen molar-refractivity contribution in [3.63, 3.8) is 0 Å². The van der Waals surface area contributed by atoms with E-state index < -0.39 is 0 Å². The molecule has 1 saturated carbocycles. The fraction of sp³-hybridized carbons (Fsp3) is 0.615. The fourth-order valence-corrected chi connectivity index (χ4v) is 2.71. The van der Waals surface area contributed by atoms with Crippen molar-refractivity contribution in [2.24, 2.45) is 11.7 Å². The molecule has 1 aromatic heterocycles. The molecule has 0 aromatic carbocycles. The normalized spacial score (nSPS) is 26.9. The van der Waals surface area contributed by atoms with Crippen molar-refractivity contribution in [1.29, 1.82) is 0 Å². The van der Waals surface area contributed by atoms with Crippen LogP contribution in [0.25, 0.3) is 0 Å². The maximum atomic E-state index is 12.2. The Bertz CT molecular complexity index is 493. The van der Waals surface area contributed by atoms with Crippen LogP contribution in [0, 0.1) is 5.92 Å². The van der Waals surface area contributed by atoms with Gasteiger partial charge in [0.1, 0.15) is 5.69 Å². The second kappa shape index (κ2) is 5.52. The Hall–Kier alpha value is -1.69. The third-order valence-corrected chi connectivity index (χ3v) is 4.09. The summed E-state index contributed by atoms with van der Waals surface area (Å²) in [5, 5.41) is 9.03. The number of aromatic nitrogens is 2. The predicted octanol–water partition coefficient (Wildman–Crippen LogP) is 0.407. The lowest BCUT2D eigenvalue weighted by molar-refractivity contribution is 0.0806. The quantitative estimate of drug-likeness (QED) is 0.736. The Morgan fingerprint density at radius 1 is 1.58 bits per heavy atom. The van der Waals surface area contributed by atoms with Crippen molar-refractivity contribution in [2.45, 2.75) is 38.1 Å². The molecule has 0 spiro atoms. The minimum absolute atomic E-state index is 0.213. The monoisotopic (exact) mass is 264 g/mol. The van der Waals surface area contributed by atoms with E-state index in [9.17, 15) is 9.59 Å². The number of nitrogens with one attached hydrogen (secondary N) is 2. The van der Waals surface area contributed by atoms with E-state index in [1.165, 1.54) is 18.6 Å². The van der Waals surface area contributed by atoms with E-state index in [2.05, 4.69) is 22.4 Å². The molecule has 1 aromatic rings. The maximum Gasteiger partial charge on any atom is 0.272 e. The average molecular weight is 264 g/mol. The first kappa shape index (κ1) is 13.7. The number of hydrogen-bond donors (Lipinski definition) is 3. The number of amides is 1. The number of carbonyl (C=O) groups is 1. The highest BCUT2D eigenvalue weighted by Gasteiger charge is 2.38. The van der Waals surface area contributed by atoms with Crippen molar-refractivity contribution in [3.05, 3.63) is 28.2 Å². The first-order valence-corrected chi connectivity index (χ1v) is 6.66. The highest BCUT2D eigenvalue weighted by atomic mass is 16.2. The molecule has 6 heteroatoms. The summed E-state index contributed by atoms with van der Waals surface area (Å²) in [4.78, 5) is 23.1. The maximum absolute atomic E-state index is 12.2. The molecule has 0 bridgehead atoms. The van der Waals surface area contributed by atoms with Gasteiger partial charge in [-0.2, -0.15) is 5.10 Å². The van der Waals surface area contributed by atoms with Gasteiger partial charge in [0.25, 0.3) is 11.5 Å². The third kappa shape index (κ3) is 2.84. The van der Waals surface area contributed by atoms with Crippen LogP contribution in [0.2, 0.25) is 0 Å². The van der Waals surface area contributed by atoms with Gasteiger partial charge in [0.2, 0.25) is 0 Å². The van der Waals surface area contributed by atoms with E-state index >= 15 is 0 Å². The van der Waals surface area contributed by atoms with Gasteiger partial charge < -0.3 is 11.1 Å². The van der Waals surface area contributed by atoms with Gasteiger partial charge in [-0.25, -0.2) is 5.10 Å². The van der Waals surface area contributed by atoms with Crippen molar-refractivity contribution < 1.29 is 4.79 Å². The Morgan fingerprint density at radius 2 is 2.37 bits per heavy atom. The van der Waals surface area contributed by atoms with E-state index in [1.54, 1.807) is 0 Å². The Balaban J connectivity index is 2.15. The van der Waals surface area contributed by atoms with Crippen LogP contribution in [0.1, 0.15) is 43.1 Å². The van der Waals surface area contributed by atoms with Crippen LogP contribution in [-0.2, 0) is 0 Å². The van der Waals surface area contributed by atoms with Gasteiger partial charge in [0.05, 0.1) is 5.54 Å². The second-order valence-electron chi connectivity index (χ2n) is 5.27. The SMILES string of the molecule is CC1CCCCC1(CN)NC(=O)c1ccc(=O)[nH]n1. The first-order valence-electron chi connectivity index (χ1n) is 6.66. The topological polar surface area (TPSA) is 101 Å².